The van der Waals surface area contributed by atoms with Crippen LogP contribution in [-0.4, -0.2) is 83.0 Å². The molecule has 0 aromatic carbocycles. The monoisotopic (exact) mass is 307 g/mol. The lowest BCUT2D eigenvalue weighted by Gasteiger charge is -2.45. The zero-order valence-electron chi connectivity index (χ0n) is 12.8. The third kappa shape index (κ3) is 3.13. The lowest BCUT2D eigenvalue weighted by atomic mass is 11.1. The van der Waals surface area contributed by atoms with Crippen molar-refractivity contribution in [1.82, 2.24) is 13.7 Å². The van der Waals surface area contributed by atoms with E-state index in [1.165, 1.54) is 56.2 Å². The lowest BCUT2D eigenvalue weighted by Crippen LogP contribution is -2.74. The molecule has 0 aromatic rings. The van der Waals surface area contributed by atoms with E-state index in [4.69, 9.17) is 0 Å². The molecule has 3 amide bonds. The summed E-state index contributed by atoms with van der Waals surface area (Å²) < 4.78 is 17.6. The molecule has 0 N–H and O–H groups in total. The zero-order valence-corrected chi connectivity index (χ0v) is 13.8. The molecular formula is C10H21N3O6Si. The van der Waals surface area contributed by atoms with Gasteiger partial charge in [0.25, 0.3) is 0 Å². The quantitative estimate of drug-likeness (QED) is 0.562. The minimum Gasteiger partial charge on any atom is -0.453 e. The highest BCUT2D eigenvalue weighted by atomic mass is 28.4. The van der Waals surface area contributed by atoms with Crippen molar-refractivity contribution in [2.75, 3.05) is 42.5 Å². The number of hydrogen-bond acceptors (Lipinski definition) is 6. The van der Waals surface area contributed by atoms with Crippen LogP contribution in [0.2, 0.25) is 6.55 Å². The summed E-state index contributed by atoms with van der Waals surface area (Å²) in [7, 11) is 4.73. The van der Waals surface area contributed by atoms with Gasteiger partial charge in [-0.3, -0.25) is 0 Å². The second kappa shape index (κ2) is 6.98. The SMILES string of the molecule is COC(=O)N(C)[Si](C)(N(C)C(=O)OC)N(C)C(=O)OC. The van der Waals surface area contributed by atoms with Crippen molar-refractivity contribution in [1.29, 1.82) is 0 Å². The summed E-state index contributed by atoms with van der Waals surface area (Å²) >= 11 is 0. The molecule has 10 heteroatoms. The smallest absolute Gasteiger partial charge is 0.403 e. The van der Waals surface area contributed by atoms with Crippen molar-refractivity contribution in [2.45, 2.75) is 6.55 Å². The van der Waals surface area contributed by atoms with Crippen LogP contribution in [0.15, 0.2) is 0 Å². The molecule has 116 valence electrons. The Labute approximate surface area is 119 Å². The Morgan fingerprint density at radius 3 is 1.05 bits per heavy atom. The first kappa shape index (κ1) is 18.0. The number of methoxy groups -OCH3 is 3. The van der Waals surface area contributed by atoms with Crippen LogP contribution in [0.5, 0.6) is 0 Å². The van der Waals surface area contributed by atoms with E-state index in [1.54, 1.807) is 6.55 Å². The van der Waals surface area contributed by atoms with Crippen LogP contribution in [0.3, 0.4) is 0 Å². The van der Waals surface area contributed by atoms with Gasteiger partial charge in [0, 0.05) is 21.1 Å². The molecule has 0 aliphatic heterocycles. The van der Waals surface area contributed by atoms with E-state index in [-0.39, 0.29) is 0 Å². The van der Waals surface area contributed by atoms with Crippen LogP contribution in [-0.2, 0) is 14.2 Å². The summed E-state index contributed by atoms with van der Waals surface area (Å²) in [5, 5.41) is 0. The first-order valence-electron chi connectivity index (χ1n) is 5.63. The molecule has 9 nitrogen and oxygen atoms in total. The molecule has 0 spiro atoms. The van der Waals surface area contributed by atoms with Gasteiger partial charge in [0.05, 0.1) is 21.3 Å². The van der Waals surface area contributed by atoms with Gasteiger partial charge in [-0.2, -0.15) is 0 Å². The fourth-order valence-electron chi connectivity index (χ4n) is 1.60. The highest BCUT2D eigenvalue weighted by Gasteiger charge is 2.51. The molecule has 0 radical (unpaired) electrons. The fraction of sp³-hybridized carbons (Fsp3) is 0.700. The zero-order chi connectivity index (χ0) is 16.1. The third-order valence-corrected chi connectivity index (χ3v) is 7.61. The van der Waals surface area contributed by atoms with Gasteiger partial charge in [-0.25, -0.2) is 14.4 Å². The summed E-state index contributed by atoms with van der Waals surface area (Å²) in [4.78, 5) is 35.3. The van der Waals surface area contributed by atoms with Gasteiger partial charge in [0.2, 0.25) is 0 Å². The normalized spacial score (nSPS) is 10.3. The predicted molar refractivity (Wildman–Crippen MR) is 72.1 cm³/mol. The molecule has 0 bridgehead atoms. The Bertz CT molecular complexity index is 336. The Hall–Kier alpha value is -1.97. The highest BCUT2D eigenvalue weighted by molar-refractivity contribution is 6.76. The highest BCUT2D eigenvalue weighted by Crippen LogP contribution is 2.19. The average Bonchev–Trinajstić information content (AvgIpc) is 2.48. The summed E-state index contributed by atoms with van der Waals surface area (Å²) in [6.07, 6.45) is -2.03. The number of carbonyl (C=O) groups is 3. The van der Waals surface area contributed by atoms with Crippen LogP contribution in [0.4, 0.5) is 14.4 Å². The Balaban J connectivity index is 5.71. The van der Waals surface area contributed by atoms with Gasteiger partial charge >= 0.3 is 26.8 Å². The molecule has 0 aromatic heterocycles. The summed E-state index contributed by atoms with van der Waals surface area (Å²) in [5.74, 6) is 0. The molecule has 0 saturated carbocycles. The van der Waals surface area contributed by atoms with Crippen LogP contribution < -0.4 is 0 Å². The molecule has 0 fully saturated rings. The van der Waals surface area contributed by atoms with Crippen molar-refractivity contribution in [3.63, 3.8) is 0 Å². The number of carbonyl (C=O) groups excluding carboxylic acids is 3. The Morgan fingerprint density at radius 1 is 0.700 bits per heavy atom. The topological polar surface area (TPSA) is 88.6 Å². The molecule has 0 aliphatic rings. The number of rotatable bonds is 3. The van der Waals surface area contributed by atoms with Crippen LogP contribution in [0.1, 0.15) is 0 Å². The number of amides is 3. The van der Waals surface area contributed by atoms with Crippen molar-refractivity contribution >= 4 is 26.8 Å². The van der Waals surface area contributed by atoms with Gasteiger partial charge in [0.15, 0.2) is 0 Å². The second-order valence-electron chi connectivity index (χ2n) is 4.06. The maximum absolute atomic E-state index is 11.8. The molecule has 0 rings (SSSR count). The molecule has 0 unspecified atom stereocenters. The Kier molecular flexibility index (Phi) is 6.29. The number of hydrogen-bond donors (Lipinski definition) is 0. The largest absolute Gasteiger partial charge is 0.453 e. The van der Waals surface area contributed by atoms with E-state index in [9.17, 15) is 14.4 Å². The maximum atomic E-state index is 11.8. The van der Waals surface area contributed by atoms with Crippen molar-refractivity contribution < 1.29 is 28.6 Å². The summed E-state index contributed by atoms with van der Waals surface area (Å²) in [6, 6.07) is 0. The minimum atomic E-state index is -3.24. The minimum absolute atomic E-state index is 0.675. The predicted octanol–water partition coefficient (Wildman–Crippen LogP) is 0.650. The standard InChI is InChI=1S/C10H21N3O6Si/c1-11(8(14)17-4)20(7,12(2)9(15)18-5)13(3)10(16)19-6/h1-7H3. The number of ether oxygens (including phenoxy) is 3. The fourth-order valence-corrected chi connectivity index (χ4v) is 4.27. The molecule has 0 saturated heterocycles. The molecule has 0 aliphatic carbocycles. The van der Waals surface area contributed by atoms with E-state index in [0.717, 1.165) is 0 Å². The summed E-state index contributed by atoms with van der Waals surface area (Å²) in [5.41, 5.74) is 0. The Morgan fingerprint density at radius 2 is 0.900 bits per heavy atom. The van der Waals surface area contributed by atoms with Gasteiger partial charge in [0.1, 0.15) is 0 Å². The van der Waals surface area contributed by atoms with E-state index >= 15 is 0 Å². The maximum Gasteiger partial charge on any atom is 0.403 e. The third-order valence-electron chi connectivity index (χ3n) is 3.25. The van der Waals surface area contributed by atoms with Gasteiger partial charge < -0.3 is 27.9 Å². The molecule has 20 heavy (non-hydrogen) atoms. The average molecular weight is 307 g/mol. The van der Waals surface area contributed by atoms with Crippen molar-refractivity contribution in [3.05, 3.63) is 0 Å². The molecule has 0 heterocycles. The van der Waals surface area contributed by atoms with Gasteiger partial charge in [-0.15, -0.1) is 0 Å². The first-order chi connectivity index (χ1) is 9.18. The lowest BCUT2D eigenvalue weighted by molar-refractivity contribution is 0.124. The van der Waals surface area contributed by atoms with Gasteiger partial charge in [-0.05, 0) is 6.55 Å². The summed E-state index contributed by atoms with van der Waals surface area (Å²) in [6.45, 7) is 1.61. The van der Waals surface area contributed by atoms with E-state index in [2.05, 4.69) is 14.2 Å². The van der Waals surface area contributed by atoms with E-state index in [0.29, 0.717) is 0 Å². The van der Waals surface area contributed by atoms with Crippen molar-refractivity contribution in [3.8, 4) is 0 Å². The molecule has 0 atom stereocenters. The molecular weight excluding hydrogens is 286 g/mol. The van der Waals surface area contributed by atoms with E-state index < -0.39 is 26.8 Å². The second-order valence-corrected chi connectivity index (χ2v) is 8.01. The number of nitrogens with zero attached hydrogens (tertiary/aromatic N) is 3. The van der Waals surface area contributed by atoms with Gasteiger partial charge in [-0.1, -0.05) is 0 Å². The van der Waals surface area contributed by atoms with Crippen LogP contribution in [0.25, 0.3) is 0 Å². The van der Waals surface area contributed by atoms with Crippen LogP contribution in [0, 0.1) is 0 Å². The first-order valence-corrected chi connectivity index (χ1v) is 7.97. The van der Waals surface area contributed by atoms with E-state index in [1.807, 2.05) is 0 Å². The van der Waals surface area contributed by atoms with Crippen molar-refractivity contribution in [2.24, 2.45) is 0 Å². The van der Waals surface area contributed by atoms with Crippen LogP contribution >= 0.6 is 0 Å².